The summed E-state index contributed by atoms with van der Waals surface area (Å²) < 4.78 is 40.3. The number of allylic oxidation sites excluding steroid dienone is 3. The van der Waals surface area contributed by atoms with Crippen molar-refractivity contribution in [3.8, 4) is 0 Å². The molecule has 124 valence electrons. The number of nitrogens with two attached hydrogens (primary N) is 1. The fourth-order valence-corrected chi connectivity index (χ4v) is 2.96. The van der Waals surface area contributed by atoms with Crippen LogP contribution in [0.15, 0.2) is 54.8 Å². The van der Waals surface area contributed by atoms with Crippen LogP contribution >= 0.6 is 0 Å². The van der Waals surface area contributed by atoms with Gasteiger partial charge >= 0.3 is 0 Å². The third kappa shape index (κ3) is 4.50. The minimum Gasteiger partial charge on any atom is -0.402 e. The van der Waals surface area contributed by atoms with Crippen LogP contribution in [0.2, 0.25) is 0 Å². The first kappa shape index (κ1) is 17.4. The van der Waals surface area contributed by atoms with Crippen molar-refractivity contribution in [2.75, 3.05) is 0 Å². The summed E-state index contributed by atoms with van der Waals surface area (Å²) in [5.74, 6) is -0.446. The van der Waals surface area contributed by atoms with Crippen LogP contribution in [-0.4, -0.2) is 12.3 Å². The van der Waals surface area contributed by atoms with E-state index in [1.54, 1.807) is 12.1 Å². The number of hydrogen-bond acceptors (Lipinski definition) is 1. The summed E-state index contributed by atoms with van der Waals surface area (Å²) in [5, 5.41) is 0. The standard InChI is InChI=1S/C19H22F3N/c1-12(23)3-9-17(15-6-10-18(21)19(22)11-15)13(2)14-4-7-16(20)8-5-14/h4-5,7-9,15,18-19H,1-3,6,10-11,23H2/b17-9+/t15?,18-,19?/m0/s1. The van der Waals surface area contributed by atoms with Crippen LogP contribution in [0.4, 0.5) is 13.2 Å². The van der Waals surface area contributed by atoms with Crippen molar-refractivity contribution >= 4 is 5.57 Å². The Morgan fingerprint density at radius 3 is 2.35 bits per heavy atom. The molecule has 2 N–H and O–H groups in total. The second-order valence-corrected chi connectivity index (χ2v) is 6.05. The van der Waals surface area contributed by atoms with E-state index in [9.17, 15) is 13.2 Å². The molecule has 0 saturated heterocycles. The van der Waals surface area contributed by atoms with Crippen LogP contribution in [0, 0.1) is 11.7 Å². The molecule has 0 radical (unpaired) electrons. The predicted molar refractivity (Wildman–Crippen MR) is 88.6 cm³/mol. The van der Waals surface area contributed by atoms with Gasteiger partial charge in [0.25, 0.3) is 0 Å². The molecule has 1 aromatic carbocycles. The van der Waals surface area contributed by atoms with Crippen molar-refractivity contribution in [2.24, 2.45) is 11.7 Å². The Morgan fingerprint density at radius 2 is 1.78 bits per heavy atom. The van der Waals surface area contributed by atoms with E-state index < -0.39 is 12.3 Å². The van der Waals surface area contributed by atoms with Gasteiger partial charge in [0.1, 0.15) is 18.2 Å². The maximum atomic E-state index is 13.8. The molecule has 0 aromatic heterocycles. The predicted octanol–water partition coefficient (Wildman–Crippen LogP) is 5.10. The van der Waals surface area contributed by atoms with Crippen molar-refractivity contribution in [2.45, 2.75) is 38.0 Å². The highest BCUT2D eigenvalue weighted by molar-refractivity contribution is 5.77. The first-order valence-corrected chi connectivity index (χ1v) is 7.75. The average molecular weight is 321 g/mol. The molecule has 0 aliphatic heterocycles. The highest BCUT2D eigenvalue weighted by Gasteiger charge is 2.32. The lowest BCUT2D eigenvalue weighted by molar-refractivity contribution is 0.100. The molecule has 1 aliphatic rings. The molecule has 1 saturated carbocycles. The summed E-state index contributed by atoms with van der Waals surface area (Å²) in [6.07, 6.45) is 0.361. The number of halogens is 3. The topological polar surface area (TPSA) is 26.0 Å². The van der Waals surface area contributed by atoms with E-state index >= 15 is 0 Å². The Labute approximate surface area is 135 Å². The first-order chi connectivity index (χ1) is 10.9. The molecular formula is C19H22F3N. The van der Waals surface area contributed by atoms with Crippen molar-refractivity contribution in [1.82, 2.24) is 0 Å². The maximum absolute atomic E-state index is 13.8. The van der Waals surface area contributed by atoms with Gasteiger partial charge in [-0.15, -0.1) is 0 Å². The van der Waals surface area contributed by atoms with E-state index in [0.717, 1.165) is 11.1 Å². The van der Waals surface area contributed by atoms with Crippen LogP contribution < -0.4 is 5.73 Å². The molecule has 1 fully saturated rings. The second-order valence-electron chi connectivity index (χ2n) is 6.05. The minimum atomic E-state index is -1.46. The quantitative estimate of drug-likeness (QED) is 0.750. The Balaban J connectivity index is 2.27. The summed E-state index contributed by atoms with van der Waals surface area (Å²) in [6.45, 7) is 7.74. The zero-order chi connectivity index (χ0) is 17.0. The van der Waals surface area contributed by atoms with Gasteiger partial charge in [0, 0.05) is 12.1 Å². The monoisotopic (exact) mass is 321 g/mol. The van der Waals surface area contributed by atoms with E-state index in [1.807, 2.05) is 6.08 Å². The van der Waals surface area contributed by atoms with Gasteiger partial charge in [0.15, 0.2) is 0 Å². The van der Waals surface area contributed by atoms with Crippen molar-refractivity contribution in [3.63, 3.8) is 0 Å². The average Bonchev–Trinajstić information content (AvgIpc) is 2.51. The summed E-state index contributed by atoms with van der Waals surface area (Å²) in [6, 6.07) is 5.99. The van der Waals surface area contributed by atoms with Gasteiger partial charge in [-0.2, -0.15) is 0 Å². The number of alkyl halides is 2. The molecule has 1 nitrogen and oxygen atoms in total. The van der Waals surface area contributed by atoms with Crippen molar-refractivity contribution < 1.29 is 13.2 Å². The minimum absolute atomic E-state index is 0.117. The van der Waals surface area contributed by atoms with E-state index in [2.05, 4.69) is 13.2 Å². The number of benzene rings is 1. The Morgan fingerprint density at radius 1 is 1.13 bits per heavy atom. The molecule has 0 amide bonds. The largest absolute Gasteiger partial charge is 0.402 e. The molecule has 1 aliphatic carbocycles. The van der Waals surface area contributed by atoms with Crippen LogP contribution in [0.3, 0.4) is 0 Å². The van der Waals surface area contributed by atoms with E-state index in [1.165, 1.54) is 12.1 Å². The molecule has 2 rings (SSSR count). The summed E-state index contributed by atoms with van der Waals surface area (Å²) in [7, 11) is 0. The maximum Gasteiger partial charge on any atom is 0.132 e. The lowest BCUT2D eigenvalue weighted by Crippen LogP contribution is -2.28. The van der Waals surface area contributed by atoms with Gasteiger partial charge in [-0.1, -0.05) is 31.4 Å². The highest BCUT2D eigenvalue weighted by atomic mass is 19.2. The van der Waals surface area contributed by atoms with Gasteiger partial charge < -0.3 is 5.73 Å². The van der Waals surface area contributed by atoms with Crippen LogP contribution in [-0.2, 0) is 0 Å². The fraction of sp³-hybridized carbons (Fsp3) is 0.368. The molecule has 0 heterocycles. The molecule has 1 aromatic rings. The zero-order valence-electron chi connectivity index (χ0n) is 13.1. The number of rotatable bonds is 5. The number of hydrogen-bond donors (Lipinski definition) is 1. The third-order valence-electron chi connectivity index (χ3n) is 4.26. The van der Waals surface area contributed by atoms with Crippen molar-refractivity contribution in [1.29, 1.82) is 0 Å². The summed E-state index contributed by atoms with van der Waals surface area (Å²) in [5.41, 5.74) is 8.42. The molecule has 0 spiro atoms. The molecule has 23 heavy (non-hydrogen) atoms. The van der Waals surface area contributed by atoms with Crippen LogP contribution in [0.5, 0.6) is 0 Å². The molecular weight excluding hydrogens is 299 g/mol. The SMILES string of the molecule is C=C(N)C/C=C(\C(=C)c1ccc(F)cc1)C1CC[C@H](F)C(F)C1. The Hall–Kier alpha value is -1.97. The van der Waals surface area contributed by atoms with Gasteiger partial charge in [0.2, 0.25) is 0 Å². The van der Waals surface area contributed by atoms with Gasteiger partial charge in [-0.05, 0) is 54.0 Å². The molecule has 0 bridgehead atoms. The molecule has 4 heteroatoms. The Kier molecular flexibility index (Phi) is 5.69. The van der Waals surface area contributed by atoms with Crippen LogP contribution in [0.25, 0.3) is 5.57 Å². The van der Waals surface area contributed by atoms with Gasteiger partial charge in [0.05, 0.1) is 0 Å². The van der Waals surface area contributed by atoms with Gasteiger partial charge in [-0.3, -0.25) is 0 Å². The summed E-state index contributed by atoms with van der Waals surface area (Å²) >= 11 is 0. The zero-order valence-corrected chi connectivity index (χ0v) is 13.1. The van der Waals surface area contributed by atoms with E-state index in [-0.39, 0.29) is 24.6 Å². The molecule has 3 atom stereocenters. The van der Waals surface area contributed by atoms with E-state index in [0.29, 0.717) is 24.1 Å². The summed E-state index contributed by atoms with van der Waals surface area (Å²) in [4.78, 5) is 0. The highest BCUT2D eigenvalue weighted by Crippen LogP contribution is 2.39. The second kappa shape index (κ2) is 7.53. The van der Waals surface area contributed by atoms with Crippen molar-refractivity contribution in [3.05, 3.63) is 66.2 Å². The lowest BCUT2D eigenvalue weighted by atomic mass is 9.78. The first-order valence-electron chi connectivity index (χ1n) is 7.75. The lowest BCUT2D eigenvalue weighted by Gasteiger charge is -2.30. The van der Waals surface area contributed by atoms with Gasteiger partial charge in [-0.25, -0.2) is 13.2 Å². The van der Waals surface area contributed by atoms with E-state index in [4.69, 9.17) is 5.73 Å². The Bertz CT molecular complexity index is 604. The molecule has 2 unspecified atom stereocenters. The normalized spacial score (nSPS) is 25.2. The smallest absolute Gasteiger partial charge is 0.132 e. The fourth-order valence-electron chi connectivity index (χ4n) is 2.96. The van der Waals surface area contributed by atoms with Crippen LogP contribution in [0.1, 0.15) is 31.2 Å². The third-order valence-corrected chi connectivity index (χ3v) is 4.26.